The van der Waals surface area contributed by atoms with Gasteiger partial charge in [-0.1, -0.05) is 11.8 Å². The number of methoxy groups -OCH3 is 2. The van der Waals surface area contributed by atoms with Crippen LogP contribution in [0, 0.1) is 11.8 Å². The Labute approximate surface area is 125 Å². The Balaban J connectivity index is 3.25. The van der Waals surface area contributed by atoms with Crippen LogP contribution in [0.25, 0.3) is 0 Å². The van der Waals surface area contributed by atoms with E-state index < -0.39 is 10.0 Å². The average molecular weight is 313 g/mol. The number of hydrogen-bond donors (Lipinski definition) is 1. The minimum Gasteiger partial charge on any atom is -0.495 e. The van der Waals surface area contributed by atoms with Crippen molar-refractivity contribution in [1.29, 1.82) is 0 Å². The third kappa shape index (κ3) is 4.44. The summed E-state index contributed by atoms with van der Waals surface area (Å²) in [6.45, 7) is 0.235. The van der Waals surface area contributed by atoms with Crippen LogP contribution in [0.3, 0.4) is 0 Å². The van der Waals surface area contributed by atoms with Gasteiger partial charge in [0.1, 0.15) is 17.3 Å². The van der Waals surface area contributed by atoms with E-state index in [9.17, 15) is 8.42 Å². The van der Waals surface area contributed by atoms with Crippen LogP contribution in [0.5, 0.6) is 5.75 Å². The maximum Gasteiger partial charge on any atom is 0.246 e. The van der Waals surface area contributed by atoms with Gasteiger partial charge in [0.15, 0.2) is 0 Å². The lowest BCUT2D eigenvalue weighted by Gasteiger charge is -2.18. The minimum atomic E-state index is -3.70. The first-order valence-electron chi connectivity index (χ1n) is 6.20. The standard InChI is InChI=1S/C14H19NO5S/c1-15(8-10-19-2)21(17,18)14-11-12(5-4-9-16)6-7-13(14)20-3/h6-7,11,16H,8-10H2,1-3H3. The lowest BCUT2D eigenvalue weighted by molar-refractivity contribution is 0.185. The Kier molecular flexibility index (Phi) is 6.65. The van der Waals surface area contributed by atoms with E-state index in [2.05, 4.69) is 11.8 Å². The summed E-state index contributed by atoms with van der Waals surface area (Å²) in [7, 11) is 0.680. The summed E-state index contributed by atoms with van der Waals surface area (Å²) in [5.74, 6) is 5.40. The van der Waals surface area contributed by atoms with Gasteiger partial charge in [-0.2, -0.15) is 4.31 Å². The van der Waals surface area contributed by atoms with Crippen LogP contribution in [0.4, 0.5) is 0 Å². The van der Waals surface area contributed by atoms with Gasteiger partial charge < -0.3 is 14.6 Å². The van der Waals surface area contributed by atoms with E-state index in [0.717, 1.165) is 0 Å². The highest BCUT2D eigenvalue weighted by molar-refractivity contribution is 7.89. The molecule has 0 fully saturated rings. The Morgan fingerprint density at radius 2 is 2.05 bits per heavy atom. The number of rotatable bonds is 6. The Hall–Kier alpha value is -1.59. The highest BCUT2D eigenvalue weighted by Crippen LogP contribution is 2.27. The van der Waals surface area contributed by atoms with Crippen molar-refractivity contribution in [3.8, 4) is 17.6 Å². The van der Waals surface area contributed by atoms with Gasteiger partial charge in [0.2, 0.25) is 10.0 Å². The first-order valence-corrected chi connectivity index (χ1v) is 7.64. The highest BCUT2D eigenvalue weighted by atomic mass is 32.2. The molecule has 7 heteroatoms. The molecule has 0 heterocycles. The van der Waals surface area contributed by atoms with E-state index in [1.807, 2.05) is 0 Å². The predicted octanol–water partition coefficient (Wildman–Crippen LogP) is 0.306. The van der Waals surface area contributed by atoms with Crippen molar-refractivity contribution in [3.05, 3.63) is 23.8 Å². The van der Waals surface area contributed by atoms with Crippen molar-refractivity contribution in [1.82, 2.24) is 4.31 Å². The zero-order valence-corrected chi connectivity index (χ0v) is 13.1. The molecule has 1 aromatic rings. The molecule has 1 aromatic carbocycles. The van der Waals surface area contributed by atoms with Crippen molar-refractivity contribution in [3.63, 3.8) is 0 Å². The van der Waals surface area contributed by atoms with Crippen LogP contribution in [-0.2, 0) is 14.8 Å². The average Bonchev–Trinajstić information content (AvgIpc) is 2.50. The number of aliphatic hydroxyl groups excluding tert-OH is 1. The quantitative estimate of drug-likeness (QED) is 0.765. The van der Waals surface area contributed by atoms with E-state index >= 15 is 0 Å². The summed E-state index contributed by atoms with van der Waals surface area (Å²) in [6.07, 6.45) is 0. The van der Waals surface area contributed by atoms with Crippen LogP contribution in [0.1, 0.15) is 5.56 Å². The van der Waals surface area contributed by atoms with E-state index in [1.54, 1.807) is 12.1 Å². The predicted molar refractivity (Wildman–Crippen MR) is 78.6 cm³/mol. The number of aliphatic hydroxyl groups is 1. The third-order valence-electron chi connectivity index (χ3n) is 2.77. The normalized spacial score (nSPS) is 11.1. The van der Waals surface area contributed by atoms with Gasteiger partial charge in [-0.25, -0.2) is 8.42 Å². The molecule has 21 heavy (non-hydrogen) atoms. The second-order valence-electron chi connectivity index (χ2n) is 4.14. The molecule has 1 rings (SSSR count). The molecule has 0 aromatic heterocycles. The summed E-state index contributed by atoms with van der Waals surface area (Å²) in [5, 5.41) is 8.70. The fourth-order valence-corrected chi connectivity index (χ4v) is 2.94. The van der Waals surface area contributed by atoms with Gasteiger partial charge in [0.25, 0.3) is 0 Å². The molecule has 116 valence electrons. The molecule has 0 aliphatic rings. The summed E-state index contributed by atoms with van der Waals surface area (Å²) < 4.78 is 36.3. The first kappa shape index (κ1) is 17.5. The van der Waals surface area contributed by atoms with Crippen LogP contribution in [0.2, 0.25) is 0 Å². The smallest absolute Gasteiger partial charge is 0.246 e. The molecule has 0 saturated carbocycles. The molecule has 0 atom stereocenters. The van der Waals surface area contributed by atoms with E-state index in [1.165, 1.54) is 31.6 Å². The van der Waals surface area contributed by atoms with Gasteiger partial charge >= 0.3 is 0 Å². The number of likely N-dealkylation sites (N-methyl/N-ethyl adjacent to an activating group) is 1. The topological polar surface area (TPSA) is 76.1 Å². The molecule has 6 nitrogen and oxygen atoms in total. The van der Waals surface area contributed by atoms with Crippen molar-refractivity contribution < 1.29 is 23.0 Å². The highest BCUT2D eigenvalue weighted by Gasteiger charge is 2.24. The van der Waals surface area contributed by atoms with Gasteiger partial charge in [0.05, 0.1) is 13.7 Å². The van der Waals surface area contributed by atoms with Crippen LogP contribution < -0.4 is 4.74 Å². The van der Waals surface area contributed by atoms with Crippen LogP contribution in [0.15, 0.2) is 23.1 Å². The molecule has 0 unspecified atom stereocenters. The molecule has 0 aliphatic carbocycles. The second-order valence-corrected chi connectivity index (χ2v) is 6.16. The summed E-state index contributed by atoms with van der Waals surface area (Å²) in [4.78, 5) is 0.0355. The van der Waals surface area contributed by atoms with E-state index in [-0.39, 0.29) is 23.8 Å². The molecule has 0 bridgehead atoms. The fourth-order valence-electron chi connectivity index (χ4n) is 1.61. The lowest BCUT2D eigenvalue weighted by atomic mass is 10.2. The van der Waals surface area contributed by atoms with Crippen molar-refractivity contribution >= 4 is 10.0 Å². The van der Waals surface area contributed by atoms with Crippen LogP contribution >= 0.6 is 0 Å². The Morgan fingerprint density at radius 1 is 1.33 bits per heavy atom. The SMILES string of the molecule is COCCN(C)S(=O)(=O)c1cc(C#CCO)ccc1OC. The van der Waals surface area contributed by atoms with Gasteiger partial charge in [-0.15, -0.1) is 0 Å². The maximum absolute atomic E-state index is 12.5. The monoisotopic (exact) mass is 313 g/mol. The van der Waals surface area contributed by atoms with Gasteiger partial charge in [0, 0.05) is 26.3 Å². The zero-order chi connectivity index (χ0) is 15.9. The van der Waals surface area contributed by atoms with Crippen molar-refractivity contribution in [2.45, 2.75) is 4.90 Å². The second kappa shape index (κ2) is 8.00. The largest absolute Gasteiger partial charge is 0.495 e. The maximum atomic E-state index is 12.5. The van der Waals surface area contributed by atoms with E-state index in [0.29, 0.717) is 12.2 Å². The number of ether oxygens (including phenoxy) is 2. The molecule has 0 amide bonds. The minimum absolute atomic E-state index is 0.0355. The fraction of sp³-hybridized carbons (Fsp3) is 0.429. The number of nitrogens with zero attached hydrogens (tertiary/aromatic N) is 1. The third-order valence-corrected chi connectivity index (χ3v) is 4.65. The first-order chi connectivity index (χ1) is 9.97. The molecule has 0 aliphatic heterocycles. The van der Waals surface area contributed by atoms with E-state index in [4.69, 9.17) is 14.6 Å². The van der Waals surface area contributed by atoms with Gasteiger partial charge in [-0.3, -0.25) is 0 Å². The lowest BCUT2D eigenvalue weighted by Crippen LogP contribution is -2.30. The Morgan fingerprint density at radius 3 is 2.62 bits per heavy atom. The molecule has 0 saturated heterocycles. The van der Waals surface area contributed by atoms with Crippen molar-refractivity contribution in [2.75, 3.05) is 41.0 Å². The number of sulfonamides is 1. The van der Waals surface area contributed by atoms with Crippen LogP contribution in [-0.4, -0.2) is 58.9 Å². The number of hydrogen-bond acceptors (Lipinski definition) is 5. The summed E-state index contributed by atoms with van der Waals surface area (Å²) in [5.41, 5.74) is 0.489. The summed E-state index contributed by atoms with van der Waals surface area (Å²) in [6, 6.07) is 4.61. The number of benzene rings is 1. The summed E-state index contributed by atoms with van der Waals surface area (Å²) >= 11 is 0. The van der Waals surface area contributed by atoms with Crippen molar-refractivity contribution in [2.24, 2.45) is 0 Å². The molecule has 0 spiro atoms. The molecular weight excluding hydrogens is 294 g/mol. The molecule has 1 N–H and O–H groups in total. The molecule has 0 radical (unpaired) electrons. The zero-order valence-electron chi connectivity index (χ0n) is 12.3. The Bertz CT molecular complexity index is 630. The molecular formula is C14H19NO5S. The van der Waals surface area contributed by atoms with Gasteiger partial charge in [-0.05, 0) is 18.2 Å².